The summed E-state index contributed by atoms with van der Waals surface area (Å²) in [6.07, 6.45) is 0. The van der Waals surface area contributed by atoms with Crippen molar-refractivity contribution >= 4 is 11.6 Å². The molecule has 0 bridgehead atoms. The minimum atomic E-state index is -0.290. The summed E-state index contributed by atoms with van der Waals surface area (Å²) in [7, 11) is 1.60. The molecule has 0 radical (unpaired) electrons. The van der Waals surface area contributed by atoms with Gasteiger partial charge >= 0.3 is 0 Å². The first kappa shape index (κ1) is 15.5. The van der Waals surface area contributed by atoms with E-state index in [0.29, 0.717) is 6.54 Å². The Balaban J connectivity index is 1.62. The molecule has 2 aromatic rings. The molecule has 0 aromatic heterocycles. The highest BCUT2D eigenvalue weighted by molar-refractivity contribution is 5.97. The first-order chi connectivity index (χ1) is 11.2. The van der Waals surface area contributed by atoms with E-state index in [1.807, 2.05) is 35.2 Å². The van der Waals surface area contributed by atoms with Gasteiger partial charge in [0, 0.05) is 12.2 Å². The van der Waals surface area contributed by atoms with Crippen LogP contribution < -0.4 is 10.1 Å². The Morgan fingerprint density at radius 1 is 1.17 bits per heavy atom. The highest BCUT2D eigenvalue weighted by atomic mass is 16.5. The predicted molar refractivity (Wildman–Crippen MR) is 88.3 cm³/mol. The van der Waals surface area contributed by atoms with E-state index < -0.39 is 0 Å². The van der Waals surface area contributed by atoms with Crippen molar-refractivity contribution in [1.29, 1.82) is 0 Å². The highest BCUT2D eigenvalue weighted by Crippen LogP contribution is 2.31. The van der Waals surface area contributed by atoms with E-state index in [4.69, 9.17) is 4.74 Å². The third-order valence-electron chi connectivity index (χ3n) is 4.08. The summed E-state index contributed by atoms with van der Waals surface area (Å²) in [4.78, 5) is 14.4. The first-order valence-electron chi connectivity index (χ1n) is 7.58. The number of hydrogen-bond acceptors (Lipinski definition) is 4. The fourth-order valence-corrected chi connectivity index (χ4v) is 2.76. The van der Waals surface area contributed by atoms with Crippen molar-refractivity contribution in [1.82, 2.24) is 4.90 Å². The van der Waals surface area contributed by atoms with E-state index in [0.717, 1.165) is 17.0 Å². The van der Waals surface area contributed by atoms with Crippen LogP contribution in [0.15, 0.2) is 54.6 Å². The summed E-state index contributed by atoms with van der Waals surface area (Å²) >= 11 is 0. The van der Waals surface area contributed by atoms with Gasteiger partial charge in [-0.05, 0) is 29.8 Å². The molecule has 1 unspecified atom stereocenters. The van der Waals surface area contributed by atoms with Gasteiger partial charge in [0.1, 0.15) is 11.8 Å². The number of aliphatic hydroxyl groups is 1. The SMILES string of the molecule is COc1ccc(NC(=O)[C@H]2[C@@H](CO)N2Cc2ccccc2)cc1. The lowest BCUT2D eigenvalue weighted by Crippen LogP contribution is -2.22. The Labute approximate surface area is 135 Å². The second-order valence-corrected chi connectivity index (χ2v) is 5.57. The van der Waals surface area contributed by atoms with Crippen LogP contribution in [0.1, 0.15) is 5.56 Å². The average molecular weight is 312 g/mol. The van der Waals surface area contributed by atoms with Gasteiger partial charge in [-0.1, -0.05) is 30.3 Å². The Hall–Kier alpha value is -2.37. The van der Waals surface area contributed by atoms with Gasteiger partial charge in [0.05, 0.1) is 19.8 Å². The number of carbonyl (C=O) groups excluding carboxylic acids is 1. The lowest BCUT2D eigenvalue weighted by Gasteiger charge is -2.07. The number of nitrogens with one attached hydrogen (secondary N) is 1. The van der Waals surface area contributed by atoms with Crippen LogP contribution in [0.3, 0.4) is 0 Å². The van der Waals surface area contributed by atoms with E-state index >= 15 is 0 Å². The molecule has 2 N–H and O–H groups in total. The smallest absolute Gasteiger partial charge is 0.243 e. The molecule has 5 nitrogen and oxygen atoms in total. The van der Waals surface area contributed by atoms with Crippen molar-refractivity contribution in [2.24, 2.45) is 0 Å². The van der Waals surface area contributed by atoms with Crippen LogP contribution in [-0.4, -0.2) is 41.7 Å². The molecular formula is C18H20N2O3. The lowest BCUT2D eigenvalue weighted by molar-refractivity contribution is -0.116. The fourth-order valence-electron chi connectivity index (χ4n) is 2.76. The maximum absolute atomic E-state index is 12.4. The van der Waals surface area contributed by atoms with Crippen molar-refractivity contribution in [2.45, 2.75) is 18.6 Å². The quantitative estimate of drug-likeness (QED) is 0.800. The zero-order valence-electron chi connectivity index (χ0n) is 13.0. The number of carbonyl (C=O) groups is 1. The van der Waals surface area contributed by atoms with Crippen LogP contribution in [-0.2, 0) is 11.3 Å². The maximum Gasteiger partial charge on any atom is 0.243 e. The Bertz CT molecular complexity index is 658. The maximum atomic E-state index is 12.4. The number of methoxy groups -OCH3 is 1. The number of benzene rings is 2. The normalized spacial score (nSPS) is 22.4. The third kappa shape index (κ3) is 3.52. The molecule has 0 spiro atoms. The molecule has 5 heteroatoms. The van der Waals surface area contributed by atoms with Crippen LogP contribution in [0.25, 0.3) is 0 Å². The van der Waals surface area contributed by atoms with E-state index in [1.54, 1.807) is 31.4 Å². The van der Waals surface area contributed by atoms with Crippen molar-refractivity contribution in [3.05, 3.63) is 60.2 Å². The molecule has 1 saturated heterocycles. The molecule has 23 heavy (non-hydrogen) atoms. The number of ether oxygens (including phenoxy) is 1. The van der Waals surface area contributed by atoms with E-state index in [1.165, 1.54) is 0 Å². The van der Waals surface area contributed by atoms with E-state index in [2.05, 4.69) is 5.32 Å². The van der Waals surface area contributed by atoms with E-state index in [9.17, 15) is 9.90 Å². The van der Waals surface area contributed by atoms with Crippen molar-refractivity contribution < 1.29 is 14.6 Å². The van der Waals surface area contributed by atoms with Gasteiger partial charge in [0.15, 0.2) is 0 Å². The molecule has 0 saturated carbocycles. The van der Waals surface area contributed by atoms with Crippen molar-refractivity contribution in [2.75, 3.05) is 19.0 Å². The number of amides is 1. The summed E-state index contributed by atoms with van der Waals surface area (Å²) in [6, 6.07) is 16.7. The number of nitrogens with zero attached hydrogens (tertiary/aromatic N) is 1. The van der Waals surface area contributed by atoms with Crippen LogP contribution in [0.4, 0.5) is 5.69 Å². The topological polar surface area (TPSA) is 61.6 Å². The molecule has 0 aliphatic carbocycles. The van der Waals surface area contributed by atoms with Gasteiger partial charge in [-0.2, -0.15) is 0 Å². The van der Waals surface area contributed by atoms with Crippen molar-refractivity contribution in [3.63, 3.8) is 0 Å². The first-order valence-corrected chi connectivity index (χ1v) is 7.58. The fraction of sp³-hybridized carbons (Fsp3) is 0.278. The van der Waals surface area contributed by atoms with Gasteiger partial charge in [0.25, 0.3) is 0 Å². The number of rotatable bonds is 6. The molecular weight excluding hydrogens is 292 g/mol. The Kier molecular flexibility index (Phi) is 4.60. The van der Waals surface area contributed by atoms with E-state index in [-0.39, 0.29) is 24.6 Å². The molecule has 1 aliphatic rings. The second-order valence-electron chi connectivity index (χ2n) is 5.57. The molecule has 3 atom stereocenters. The molecule has 1 heterocycles. The molecule has 1 aliphatic heterocycles. The standard InChI is InChI=1S/C18H20N2O3/c1-23-15-9-7-14(8-10-15)19-18(22)17-16(12-21)20(17)11-13-5-3-2-4-6-13/h2-10,16-17,21H,11-12H2,1H3,(H,19,22)/t16-,17-,20?/m1/s1. The molecule has 120 valence electrons. The molecule has 1 amide bonds. The predicted octanol–water partition coefficient (Wildman–Crippen LogP) is 1.88. The molecule has 3 rings (SSSR count). The largest absolute Gasteiger partial charge is 0.497 e. The Morgan fingerprint density at radius 2 is 1.87 bits per heavy atom. The van der Waals surface area contributed by atoms with Gasteiger partial charge in [0.2, 0.25) is 5.91 Å². The minimum absolute atomic E-state index is 0.0203. The second kappa shape index (κ2) is 6.81. The highest BCUT2D eigenvalue weighted by Gasteiger charge is 2.51. The molecule has 2 aromatic carbocycles. The monoisotopic (exact) mass is 312 g/mol. The van der Waals surface area contributed by atoms with Crippen LogP contribution in [0.5, 0.6) is 5.75 Å². The third-order valence-corrected chi connectivity index (χ3v) is 4.08. The van der Waals surface area contributed by atoms with Crippen LogP contribution in [0, 0.1) is 0 Å². The van der Waals surface area contributed by atoms with Gasteiger partial charge in [-0.3, -0.25) is 9.69 Å². The van der Waals surface area contributed by atoms with Crippen LogP contribution >= 0.6 is 0 Å². The van der Waals surface area contributed by atoms with Crippen LogP contribution in [0.2, 0.25) is 0 Å². The Morgan fingerprint density at radius 3 is 2.48 bits per heavy atom. The minimum Gasteiger partial charge on any atom is -0.497 e. The van der Waals surface area contributed by atoms with Gasteiger partial charge < -0.3 is 15.2 Å². The van der Waals surface area contributed by atoms with Crippen molar-refractivity contribution in [3.8, 4) is 5.75 Å². The summed E-state index contributed by atoms with van der Waals surface area (Å²) in [6.45, 7) is 0.639. The van der Waals surface area contributed by atoms with Gasteiger partial charge in [-0.25, -0.2) is 0 Å². The summed E-state index contributed by atoms with van der Waals surface area (Å²) in [5.41, 5.74) is 1.85. The lowest BCUT2D eigenvalue weighted by atomic mass is 10.2. The molecule has 1 fully saturated rings. The summed E-state index contributed by atoms with van der Waals surface area (Å²) < 4.78 is 5.10. The zero-order chi connectivity index (χ0) is 16.2. The summed E-state index contributed by atoms with van der Waals surface area (Å²) in [5.74, 6) is 0.651. The number of aliphatic hydroxyl groups excluding tert-OH is 1. The average Bonchev–Trinajstić information content (AvgIpc) is 3.29. The number of anilines is 1. The zero-order valence-corrected chi connectivity index (χ0v) is 13.0. The number of hydrogen-bond donors (Lipinski definition) is 2. The van der Waals surface area contributed by atoms with Gasteiger partial charge in [-0.15, -0.1) is 0 Å². The summed E-state index contributed by atoms with van der Waals surface area (Å²) in [5, 5.41) is 12.4.